The van der Waals surface area contributed by atoms with E-state index in [-0.39, 0.29) is 0 Å². The summed E-state index contributed by atoms with van der Waals surface area (Å²) in [6.07, 6.45) is 2.64. The number of hydrogen-bond acceptors (Lipinski definition) is 3. The predicted octanol–water partition coefficient (Wildman–Crippen LogP) is 0.658. The number of rotatable bonds is 9. The molecule has 0 amide bonds. The number of guanidine groups is 1. The first-order valence-corrected chi connectivity index (χ1v) is 6.90. The number of aliphatic imine (C=N–C) groups is 1. The van der Waals surface area contributed by atoms with Gasteiger partial charge in [-0.15, -0.1) is 0 Å². The van der Waals surface area contributed by atoms with Crippen molar-refractivity contribution in [3.63, 3.8) is 0 Å². The second-order valence-electron chi connectivity index (χ2n) is 5.31. The van der Waals surface area contributed by atoms with Gasteiger partial charge in [-0.25, -0.2) is 0 Å². The minimum Gasteiger partial charge on any atom is -0.383 e. The van der Waals surface area contributed by atoms with E-state index in [0.717, 1.165) is 38.8 Å². The van der Waals surface area contributed by atoms with Crippen LogP contribution in [0.25, 0.3) is 0 Å². The molecular formula is C13H28N4O. The minimum atomic E-state index is 0.551. The van der Waals surface area contributed by atoms with Gasteiger partial charge in [-0.05, 0) is 18.8 Å². The standard InChI is InChI=1S/C13H28N4O/c1-11(2)10-16-13(14)15-6-7-17(8-9-18-3)12-4-5-12/h11-12H,4-10H2,1-3H3,(H3,14,15,16). The van der Waals surface area contributed by atoms with Crippen LogP contribution in [0.3, 0.4) is 0 Å². The first-order chi connectivity index (χ1) is 8.63. The Morgan fingerprint density at radius 3 is 2.72 bits per heavy atom. The molecule has 0 aromatic carbocycles. The fourth-order valence-electron chi connectivity index (χ4n) is 1.79. The van der Waals surface area contributed by atoms with Crippen molar-refractivity contribution < 1.29 is 4.74 Å². The molecule has 0 unspecified atom stereocenters. The highest BCUT2D eigenvalue weighted by Gasteiger charge is 2.27. The molecular weight excluding hydrogens is 228 g/mol. The maximum atomic E-state index is 5.80. The molecule has 1 aliphatic carbocycles. The van der Waals surface area contributed by atoms with Crippen molar-refractivity contribution in [3.8, 4) is 0 Å². The fraction of sp³-hybridized carbons (Fsp3) is 0.923. The number of nitrogens with two attached hydrogens (primary N) is 1. The molecule has 0 radical (unpaired) electrons. The Kier molecular flexibility index (Phi) is 7.05. The van der Waals surface area contributed by atoms with Crippen LogP contribution in [0.4, 0.5) is 0 Å². The molecule has 5 heteroatoms. The molecule has 0 aromatic heterocycles. The van der Waals surface area contributed by atoms with E-state index >= 15 is 0 Å². The van der Waals surface area contributed by atoms with E-state index in [1.165, 1.54) is 12.8 Å². The molecule has 0 atom stereocenters. The van der Waals surface area contributed by atoms with Gasteiger partial charge in [-0.1, -0.05) is 13.8 Å². The van der Waals surface area contributed by atoms with Gasteiger partial charge in [0.25, 0.3) is 0 Å². The Morgan fingerprint density at radius 1 is 1.44 bits per heavy atom. The third-order valence-electron chi connectivity index (χ3n) is 2.98. The van der Waals surface area contributed by atoms with Crippen molar-refractivity contribution in [3.05, 3.63) is 0 Å². The van der Waals surface area contributed by atoms with Crippen molar-refractivity contribution in [1.82, 2.24) is 10.2 Å². The summed E-state index contributed by atoms with van der Waals surface area (Å²) in [5, 5.41) is 3.17. The molecule has 1 saturated carbocycles. The van der Waals surface area contributed by atoms with Gasteiger partial charge in [-0.3, -0.25) is 9.89 Å². The molecule has 106 valence electrons. The van der Waals surface area contributed by atoms with Crippen LogP contribution in [0.2, 0.25) is 0 Å². The van der Waals surface area contributed by atoms with Crippen LogP contribution in [-0.2, 0) is 4.74 Å². The molecule has 1 rings (SSSR count). The van der Waals surface area contributed by atoms with Gasteiger partial charge in [0.2, 0.25) is 0 Å². The van der Waals surface area contributed by atoms with Crippen LogP contribution >= 0.6 is 0 Å². The summed E-state index contributed by atoms with van der Waals surface area (Å²) >= 11 is 0. The Labute approximate surface area is 111 Å². The van der Waals surface area contributed by atoms with E-state index in [1.54, 1.807) is 7.11 Å². The SMILES string of the molecule is COCCN(CCNC(N)=NCC(C)C)C1CC1. The zero-order valence-corrected chi connectivity index (χ0v) is 12.0. The number of methoxy groups -OCH3 is 1. The lowest BCUT2D eigenvalue weighted by molar-refractivity contribution is 0.144. The van der Waals surface area contributed by atoms with Crippen LogP contribution in [0.5, 0.6) is 0 Å². The molecule has 0 heterocycles. The summed E-state index contributed by atoms with van der Waals surface area (Å²) in [7, 11) is 1.75. The van der Waals surface area contributed by atoms with E-state index in [9.17, 15) is 0 Å². The third-order valence-corrected chi connectivity index (χ3v) is 2.98. The maximum absolute atomic E-state index is 5.80. The van der Waals surface area contributed by atoms with Crippen molar-refractivity contribution >= 4 is 5.96 Å². The number of nitrogens with zero attached hydrogens (tertiary/aromatic N) is 2. The van der Waals surface area contributed by atoms with Crippen LogP contribution in [0, 0.1) is 5.92 Å². The van der Waals surface area contributed by atoms with Gasteiger partial charge >= 0.3 is 0 Å². The Bertz CT molecular complexity index is 251. The molecule has 5 nitrogen and oxygen atoms in total. The first-order valence-electron chi connectivity index (χ1n) is 6.90. The van der Waals surface area contributed by atoms with Crippen molar-refractivity contribution in [2.75, 3.05) is 39.9 Å². The van der Waals surface area contributed by atoms with E-state index in [1.807, 2.05) is 0 Å². The molecule has 0 aromatic rings. The average molecular weight is 256 g/mol. The Balaban J connectivity index is 2.15. The lowest BCUT2D eigenvalue weighted by Gasteiger charge is -2.21. The highest BCUT2D eigenvalue weighted by Crippen LogP contribution is 2.25. The van der Waals surface area contributed by atoms with Gasteiger partial charge in [0.05, 0.1) is 6.61 Å². The minimum absolute atomic E-state index is 0.551. The fourth-order valence-corrected chi connectivity index (χ4v) is 1.79. The Hall–Kier alpha value is -0.810. The number of hydrogen-bond donors (Lipinski definition) is 2. The van der Waals surface area contributed by atoms with E-state index in [2.05, 4.69) is 29.1 Å². The highest BCUT2D eigenvalue weighted by molar-refractivity contribution is 5.77. The average Bonchev–Trinajstić information content (AvgIpc) is 3.15. The van der Waals surface area contributed by atoms with Crippen LogP contribution < -0.4 is 11.1 Å². The smallest absolute Gasteiger partial charge is 0.188 e. The predicted molar refractivity (Wildman–Crippen MR) is 75.8 cm³/mol. The monoisotopic (exact) mass is 256 g/mol. The molecule has 18 heavy (non-hydrogen) atoms. The molecule has 1 fully saturated rings. The van der Waals surface area contributed by atoms with Crippen molar-refractivity contribution in [2.24, 2.45) is 16.6 Å². The topological polar surface area (TPSA) is 62.9 Å². The van der Waals surface area contributed by atoms with Gasteiger partial charge in [0.1, 0.15) is 0 Å². The highest BCUT2D eigenvalue weighted by atomic mass is 16.5. The van der Waals surface area contributed by atoms with Crippen molar-refractivity contribution in [1.29, 1.82) is 0 Å². The molecule has 0 aliphatic heterocycles. The lowest BCUT2D eigenvalue weighted by atomic mass is 10.2. The van der Waals surface area contributed by atoms with Gasteiger partial charge in [0, 0.05) is 39.3 Å². The molecule has 0 bridgehead atoms. The van der Waals surface area contributed by atoms with Gasteiger partial charge < -0.3 is 15.8 Å². The molecule has 3 N–H and O–H groups in total. The summed E-state index contributed by atoms with van der Waals surface area (Å²) in [6.45, 7) is 8.72. The zero-order valence-electron chi connectivity index (χ0n) is 12.0. The Morgan fingerprint density at radius 2 is 2.17 bits per heavy atom. The van der Waals surface area contributed by atoms with Crippen molar-refractivity contribution in [2.45, 2.75) is 32.7 Å². The second kappa shape index (κ2) is 8.32. The van der Waals surface area contributed by atoms with Crippen LogP contribution in [0.1, 0.15) is 26.7 Å². The van der Waals surface area contributed by atoms with E-state index in [4.69, 9.17) is 10.5 Å². The molecule has 0 saturated heterocycles. The first kappa shape index (κ1) is 15.2. The summed E-state index contributed by atoms with van der Waals surface area (Å²) in [5.74, 6) is 1.11. The summed E-state index contributed by atoms with van der Waals surface area (Å²) < 4.78 is 5.13. The third kappa shape index (κ3) is 6.81. The normalized spacial score (nSPS) is 16.6. The van der Waals surface area contributed by atoms with Crippen LogP contribution in [-0.4, -0.2) is 56.8 Å². The van der Waals surface area contributed by atoms with Gasteiger partial charge in [-0.2, -0.15) is 0 Å². The summed E-state index contributed by atoms with van der Waals surface area (Å²) in [5.41, 5.74) is 5.80. The van der Waals surface area contributed by atoms with E-state index in [0.29, 0.717) is 11.9 Å². The largest absolute Gasteiger partial charge is 0.383 e. The second-order valence-corrected chi connectivity index (χ2v) is 5.31. The summed E-state index contributed by atoms with van der Waals surface area (Å²) in [4.78, 5) is 6.75. The number of nitrogens with one attached hydrogen (secondary N) is 1. The van der Waals surface area contributed by atoms with Gasteiger partial charge in [0.15, 0.2) is 5.96 Å². The molecule has 1 aliphatic rings. The maximum Gasteiger partial charge on any atom is 0.188 e. The lowest BCUT2D eigenvalue weighted by Crippen LogP contribution is -2.40. The zero-order chi connectivity index (χ0) is 13.4. The van der Waals surface area contributed by atoms with E-state index < -0.39 is 0 Å². The summed E-state index contributed by atoms with van der Waals surface area (Å²) in [6, 6.07) is 0.760. The van der Waals surface area contributed by atoms with Crippen LogP contribution in [0.15, 0.2) is 4.99 Å². The quantitative estimate of drug-likeness (QED) is 0.470. The molecule has 0 spiro atoms. The number of ether oxygens (including phenoxy) is 1.